The number of hydrogen-bond acceptors (Lipinski definition) is 3. The summed E-state index contributed by atoms with van der Waals surface area (Å²) in [7, 11) is 1.71. The summed E-state index contributed by atoms with van der Waals surface area (Å²) in [6.07, 6.45) is 1.37. The van der Waals surface area contributed by atoms with E-state index in [0.29, 0.717) is 0 Å². The van der Waals surface area contributed by atoms with E-state index in [2.05, 4.69) is 59.7 Å². The van der Waals surface area contributed by atoms with Gasteiger partial charge in [-0.05, 0) is 40.5 Å². The molecule has 0 spiro atoms. The molecule has 1 heterocycles. The van der Waals surface area contributed by atoms with Crippen molar-refractivity contribution in [1.29, 1.82) is 0 Å². The van der Waals surface area contributed by atoms with E-state index in [0.717, 1.165) is 30.1 Å². The molecule has 2 aromatic rings. The molecule has 0 N–H and O–H groups in total. The Morgan fingerprint density at radius 1 is 0.926 bits per heavy atom. The zero-order valence-corrected chi connectivity index (χ0v) is 17.7. The molecule has 3 heteroatoms. The Kier molecular flexibility index (Phi) is 5.16. The lowest BCUT2D eigenvalue weighted by Crippen LogP contribution is -2.20. The van der Waals surface area contributed by atoms with Crippen molar-refractivity contribution < 1.29 is 14.2 Å². The standard InChI is InChI=1S/C24H32O3/c1-23(2,3)17-14-18(24(4,5)6)22-20(15-17)26-21(27-22)13-12-16-10-8-9-11-19(16)25-7/h8-11,14-15,21H,12-13H2,1-7H3. The van der Waals surface area contributed by atoms with Crippen molar-refractivity contribution in [2.75, 3.05) is 7.11 Å². The lowest BCUT2D eigenvalue weighted by molar-refractivity contribution is 0.0413. The van der Waals surface area contributed by atoms with Crippen molar-refractivity contribution in [2.45, 2.75) is 71.5 Å². The highest BCUT2D eigenvalue weighted by Crippen LogP contribution is 2.46. The van der Waals surface area contributed by atoms with E-state index in [1.807, 2.05) is 18.2 Å². The minimum Gasteiger partial charge on any atom is -0.496 e. The molecule has 146 valence electrons. The molecule has 1 atom stereocenters. The van der Waals surface area contributed by atoms with Gasteiger partial charge in [0.1, 0.15) is 5.75 Å². The Bertz CT molecular complexity index is 809. The molecule has 0 saturated carbocycles. The molecule has 3 rings (SSSR count). The topological polar surface area (TPSA) is 27.7 Å². The average Bonchev–Trinajstić information content (AvgIpc) is 3.00. The van der Waals surface area contributed by atoms with Crippen LogP contribution in [0.4, 0.5) is 0 Å². The van der Waals surface area contributed by atoms with Gasteiger partial charge in [-0.25, -0.2) is 0 Å². The monoisotopic (exact) mass is 368 g/mol. The van der Waals surface area contributed by atoms with Gasteiger partial charge in [0.25, 0.3) is 0 Å². The smallest absolute Gasteiger partial charge is 0.241 e. The molecule has 3 nitrogen and oxygen atoms in total. The second-order valence-corrected chi connectivity index (χ2v) is 9.37. The lowest BCUT2D eigenvalue weighted by Gasteiger charge is -2.26. The van der Waals surface area contributed by atoms with E-state index in [-0.39, 0.29) is 17.1 Å². The maximum Gasteiger partial charge on any atom is 0.241 e. The molecule has 1 aliphatic heterocycles. The first-order valence-electron chi connectivity index (χ1n) is 9.74. The molecule has 0 aromatic heterocycles. The highest BCUT2D eigenvalue weighted by atomic mass is 16.7. The number of aryl methyl sites for hydroxylation is 1. The fourth-order valence-electron chi connectivity index (χ4n) is 3.40. The van der Waals surface area contributed by atoms with Crippen LogP contribution in [0.25, 0.3) is 0 Å². The largest absolute Gasteiger partial charge is 0.496 e. The van der Waals surface area contributed by atoms with Crippen LogP contribution in [0, 0.1) is 0 Å². The van der Waals surface area contributed by atoms with E-state index >= 15 is 0 Å². The molecule has 0 saturated heterocycles. The molecule has 27 heavy (non-hydrogen) atoms. The molecular formula is C24H32O3. The van der Waals surface area contributed by atoms with Gasteiger partial charge in [-0.1, -0.05) is 65.8 Å². The van der Waals surface area contributed by atoms with Gasteiger partial charge < -0.3 is 14.2 Å². The van der Waals surface area contributed by atoms with Crippen molar-refractivity contribution in [1.82, 2.24) is 0 Å². The summed E-state index contributed by atoms with van der Waals surface area (Å²) in [5.41, 5.74) is 3.72. The number of rotatable bonds is 4. The number of benzene rings is 2. The fraction of sp³-hybridized carbons (Fsp3) is 0.500. The second kappa shape index (κ2) is 7.10. The lowest BCUT2D eigenvalue weighted by atomic mass is 9.80. The molecule has 1 unspecified atom stereocenters. The Morgan fingerprint density at radius 2 is 1.63 bits per heavy atom. The first-order chi connectivity index (χ1) is 12.6. The van der Waals surface area contributed by atoms with E-state index in [1.165, 1.54) is 16.7 Å². The number of hydrogen-bond donors (Lipinski definition) is 0. The zero-order valence-electron chi connectivity index (χ0n) is 17.7. The van der Waals surface area contributed by atoms with Gasteiger partial charge in [-0.2, -0.15) is 0 Å². The maximum atomic E-state index is 6.26. The number of ether oxygens (including phenoxy) is 3. The fourth-order valence-corrected chi connectivity index (χ4v) is 3.40. The molecule has 0 aliphatic carbocycles. The van der Waals surface area contributed by atoms with Crippen LogP contribution in [0.2, 0.25) is 0 Å². The minimum absolute atomic E-state index is 0.00769. The molecular weight excluding hydrogens is 336 g/mol. The predicted molar refractivity (Wildman–Crippen MR) is 110 cm³/mol. The first kappa shape index (κ1) is 19.6. The summed E-state index contributed by atoms with van der Waals surface area (Å²) < 4.78 is 17.9. The van der Waals surface area contributed by atoms with Crippen molar-refractivity contribution >= 4 is 0 Å². The van der Waals surface area contributed by atoms with Crippen LogP contribution in [0.1, 0.15) is 64.7 Å². The highest BCUT2D eigenvalue weighted by molar-refractivity contribution is 5.55. The van der Waals surface area contributed by atoms with Crippen LogP contribution in [-0.2, 0) is 17.3 Å². The Hall–Kier alpha value is -2.16. The van der Waals surface area contributed by atoms with Crippen molar-refractivity contribution in [3.8, 4) is 17.2 Å². The third-order valence-corrected chi connectivity index (χ3v) is 5.08. The average molecular weight is 369 g/mol. The first-order valence-corrected chi connectivity index (χ1v) is 9.74. The second-order valence-electron chi connectivity index (χ2n) is 9.37. The molecule has 0 fully saturated rings. The molecule has 0 bridgehead atoms. The summed E-state index contributed by atoms with van der Waals surface area (Å²) in [5, 5.41) is 0. The molecule has 1 aliphatic rings. The van der Waals surface area contributed by atoms with Gasteiger partial charge in [0.2, 0.25) is 6.29 Å². The van der Waals surface area contributed by atoms with Gasteiger partial charge in [0, 0.05) is 12.0 Å². The van der Waals surface area contributed by atoms with Crippen molar-refractivity contribution in [2.24, 2.45) is 0 Å². The SMILES string of the molecule is COc1ccccc1CCC1Oc2cc(C(C)(C)C)cc(C(C)(C)C)c2O1. The van der Waals surface area contributed by atoms with E-state index in [9.17, 15) is 0 Å². The summed E-state index contributed by atoms with van der Waals surface area (Å²) in [6.45, 7) is 13.4. The van der Waals surface area contributed by atoms with Crippen LogP contribution in [0.3, 0.4) is 0 Å². The molecule has 0 radical (unpaired) electrons. The van der Waals surface area contributed by atoms with E-state index in [1.54, 1.807) is 7.11 Å². The predicted octanol–water partition coefficient (Wildman–Crippen LogP) is 6.02. The summed E-state index contributed by atoms with van der Waals surface area (Å²) >= 11 is 0. The number of methoxy groups -OCH3 is 1. The normalized spacial score (nSPS) is 16.5. The maximum absolute atomic E-state index is 6.26. The van der Waals surface area contributed by atoms with E-state index < -0.39 is 0 Å². The number of fused-ring (bicyclic) bond motifs is 1. The van der Waals surface area contributed by atoms with Crippen LogP contribution in [0.5, 0.6) is 17.2 Å². The van der Waals surface area contributed by atoms with Crippen LogP contribution in [0.15, 0.2) is 36.4 Å². The quantitative estimate of drug-likeness (QED) is 0.660. The Morgan fingerprint density at radius 3 is 2.26 bits per heavy atom. The van der Waals surface area contributed by atoms with Crippen LogP contribution in [-0.4, -0.2) is 13.4 Å². The highest BCUT2D eigenvalue weighted by Gasteiger charge is 2.33. The van der Waals surface area contributed by atoms with Crippen LogP contribution >= 0.6 is 0 Å². The minimum atomic E-state index is -0.263. The van der Waals surface area contributed by atoms with Gasteiger partial charge in [-0.15, -0.1) is 0 Å². The van der Waals surface area contributed by atoms with Crippen molar-refractivity contribution in [3.05, 3.63) is 53.1 Å². The van der Waals surface area contributed by atoms with Gasteiger partial charge in [-0.3, -0.25) is 0 Å². The third kappa shape index (κ3) is 4.23. The molecule has 2 aromatic carbocycles. The van der Waals surface area contributed by atoms with Gasteiger partial charge in [0.05, 0.1) is 7.11 Å². The molecule has 0 amide bonds. The summed E-state index contributed by atoms with van der Waals surface area (Å²) in [6, 6.07) is 12.5. The van der Waals surface area contributed by atoms with Crippen molar-refractivity contribution in [3.63, 3.8) is 0 Å². The Labute approximate surface area is 163 Å². The third-order valence-electron chi connectivity index (χ3n) is 5.08. The van der Waals surface area contributed by atoms with E-state index in [4.69, 9.17) is 14.2 Å². The van der Waals surface area contributed by atoms with Crippen LogP contribution < -0.4 is 14.2 Å². The summed E-state index contributed by atoms with van der Waals surface area (Å²) in [5.74, 6) is 2.69. The van der Waals surface area contributed by atoms with Gasteiger partial charge >= 0.3 is 0 Å². The Balaban J connectivity index is 1.83. The summed E-state index contributed by atoms with van der Waals surface area (Å²) in [4.78, 5) is 0. The van der Waals surface area contributed by atoms with Gasteiger partial charge in [0.15, 0.2) is 11.5 Å². The number of para-hydroxylation sites is 1. The zero-order chi connectivity index (χ0) is 19.8.